The summed E-state index contributed by atoms with van der Waals surface area (Å²) >= 11 is 1.57. The molecule has 0 fully saturated rings. The van der Waals surface area contributed by atoms with Crippen LogP contribution in [0, 0.1) is 13.8 Å². The maximum Gasteiger partial charge on any atom is 0.260 e. The number of thiazole rings is 1. The predicted molar refractivity (Wildman–Crippen MR) is 142 cm³/mol. The largest absolute Gasteiger partial charge is 0.497 e. The van der Waals surface area contributed by atoms with Gasteiger partial charge in [-0.15, -0.1) is 11.3 Å². The van der Waals surface area contributed by atoms with E-state index in [0.717, 1.165) is 55.8 Å². The third-order valence-corrected chi connectivity index (χ3v) is 7.45. The lowest BCUT2D eigenvalue weighted by molar-refractivity contribution is -0.117. The summed E-state index contributed by atoms with van der Waals surface area (Å²) in [6.07, 6.45) is 3.18. The van der Waals surface area contributed by atoms with Crippen LogP contribution in [-0.4, -0.2) is 35.3 Å². The van der Waals surface area contributed by atoms with Crippen molar-refractivity contribution >= 4 is 28.7 Å². The monoisotopic (exact) mass is 497 g/mol. The molecule has 36 heavy (non-hydrogen) atoms. The van der Waals surface area contributed by atoms with E-state index in [9.17, 15) is 9.59 Å². The highest BCUT2D eigenvalue weighted by Crippen LogP contribution is 2.35. The predicted octanol–water partition coefficient (Wildman–Crippen LogP) is 5.39. The topological polar surface area (TPSA) is 72.4 Å². The number of Topliss-reactive ketones (excluding diaryl/α,β-unsaturated/α-hetero) is 1. The van der Waals surface area contributed by atoms with Crippen LogP contribution in [0.3, 0.4) is 0 Å². The van der Waals surface area contributed by atoms with Gasteiger partial charge in [0.15, 0.2) is 0 Å². The number of carbonyl (C=O) groups is 2. The number of methoxy groups -OCH3 is 1. The van der Waals surface area contributed by atoms with Gasteiger partial charge in [-0.2, -0.15) is 0 Å². The van der Waals surface area contributed by atoms with Gasteiger partial charge in [0.1, 0.15) is 16.5 Å². The number of anilines is 1. The first-order chi connectivity index (χ1) is 17.4. The van der Waals surface area contributed by atoms with E-state index in [-0.39, 0.29) is 11.7 Å². The number of ketones is 1. The van der Waals surface area contributed by atoms with Gasteiger partial charge < -0.3 is 9.64 Å². The van der Waals surface area contributed by atoms with Crippen LogP contribution in [0.4, 0.5) is 5.69 Å². The second kappa shape index (κ2) is 10.0. The Bertz CT molecular complexity index is 1440. The third-order valence-electron chi connectivity index (χ3n) is 6.48. The summed E-state index contributed by atoms with van der Waals surface area (Å²) < 4.78 is 5.18. The SMILES string of the molecule is COc1ccc(CC(=O)Cc2nc(-c3ccc4c(c3)CCN4C(=O)c3cccnc3C)c(C)s2)cc1. The molecule has 0 aliphatic carbocycles. The average molecular weight is 498 g/mol. The Hall–Kier alpha value is -3.84. The van der Waals surface area contributed by atoms with Gasteiger partial charge in [-0.05, 0) is 67.8 Å². The van der Waals surface area contributed by atoms with Crippen LogP contribution < -0.4 is 9.64 Å². The zero-order valence-corrected chi connectivity index (χ0v) is 21.4. The zero-order valence-electron chi connectivity index (χ0n) is 20.6. The lowest BCUT2D eigenvalue weighted by atomic mass is 10.0. The normalized spacial score (nSPS) is 12.5. The fourth-order valence-corrected chi connectivity index (χ4v) is 5.60. The molecule has 0 unspecified atom stereocenters. The first-order valence-corrected chi connectivity index (χ1v) is 12.7. The summed E-state index contributed by atoms with van der Waals surface area (Å²) in [5, 5.41) is 0.824. The third kappa shape index (κ3) is 4.79. The minimum Gasteiger partial charge on any atom is -0.497 e. The minimum absolute atomic E-state index is 0.0189. The highest BCUT2D eigenvalue weighted by molar-refractivity contribution is 7.12. The first-order valence-electron chi connectivity index (χ1n) is 11.9. The Balaban J connectivity index is 1.31. The summed E-state index contributed by atoms with van der Waals surface area (Å²) in [4.78, 5) is 37.8. The highest BCUT2D eigenvalue weighted by atomic mass is 32.1. The van der Waals surface area contributed by atoms with Gasteiger partial charge in [-0.3, -0.25) is 14.6 Å². The second-order valence-electron chi connectivity index (χ2n) is 8.94. The molecule has 2 aromatic carbocycles. The molecule has 1 aliphatic rings. The zero-order chi connectivity index (χ0) is 25.2. The number of aryl methyl sites for hydroxylation is 2. The standard InChI is InChI=1S/C29H27N3O3S/c1-18-25(5-4-13-30-18)29(34)32-14-12-21-16-22(8-11-26(21)32)28-19(2)36-27(31-28)17-23(33)15-20-6-9-24(35-3)10-7-20/h4-11,13,16H,12,14-15,17H2,1-3H3. The lowest BCUT2D eigenvalue weighted by Gasteiger charge is -2.18. The van der Waals surface area contributed by atoms with Crippen LogP contribution in [0.2, 0.25) is 0 Å². The summed E-state index contributed by atoms with van der Waals surface area (Å²) in [5.74, 6) is 0.893. The number of nitrogens with zero attached hydrogens (tertiary/aromatic N) is 3. The van der Waals surface area contributed by atoms with E-state index in [0.29, 0.717) is 24.9 Å². The lowest BCUT2D eigenvalue weighted by Crippen LogP contribution is -2.29. The molecule has 0 N–H and O–H groups in total. The Morgan fingerprint density at radius 2 is 1.86 bits per heavy atom. The molecular formula is C29H27N3O3S. The van der Waals surface area contributed by atoms with Crippen molar-refractivity contribution < 1.29 is 14.3 Å². The summed E-state index contributed by atoms with van der Waals surface area (Å²) in [6, 6.07) is 17.4. The molecule has 2 aromatic heterocycles. The molecule has 0 atom stereocenters. The molecule has 6 nitrogen and oxygen atoms in total. The van der Waals surface area contributed by atoms with Crippen molar-refractivity contribution in [2.45, 2.75) is 33.1 Å². The molecule has 0 bridgehead atoms. The summed E-state index contributed by atoms with van der Waals surface area (Å²) in [6.45, 7) is 4.55. The van der Waals surface area contributed by atoms with E-state index in [4.69, 9.17) is 9.72 Å². The number of ether oxygens (including phenoxy) is 1. The smallest absolute Gasteiger partial charge is 0.260 e. The highest BCUT2D eigenvalue weighted by Gasteiger charge is 2.27. The van der Waals surface area contributed by atoms with Crippen molar-refractivity contribution in [3.63, 3.8) is 0 Å². The van der Waals surface area contributed by atoms with E-state index < -0.39 is 0 Å². The van der Waals surface area contributed by atoms with Gasteiger partial charge in [0.05, 0.1) is 24.8 Å². The molecule has 1 aliphatic heterocycles. The van der Waals surface area contributed by atoms with Crippen LogP contribution in [0.5, 0.6) is 5.75 Å². The fourth-order valence-electron chi connectivity index (χ4n) is 4.61. The number of fused-ring (bicyclic) bond motifs is 1. The molecule has 0 spiro atoms. The number of hydrogen-bond donors (Lipinski definition) is 0. The van der Waals surface area contributed by atoms with Crippen molar-refractivity contribution in [2.75, 3.05) is 18.6 Å². The number of carbonyl (C=O) groups excluding carboxylic acids is 2. The number of rotatable bonds is 7. The number of aromatic nitrogens is 2. The van der Waals surface area contributed by atoms with Crippen LogP contribution in [0.15, 0.2) is 60.8 Å². The molecule has 0 saturated carbocycles. The van der Waals surface area contributed by atoms with E-state index in [2.05, 4.69) is 11.1 Å². The maximum atomic E-state index is 13.1. The quantitative estimate of drug-likeness (QED) is 0.342. The van der Waals surface area contributed by atoms with Gasteiger partial charge in [0.2, 0.25) is 0 Å². The molecule has 0 radical (unpaired) electrons. The van der Waals surface area contributed by atoms with Gasteiger partial charge in [0.25, 0.3) is 5.91 Å². The maximum absolute atomic E-state index is 13.1. The van der Waals surface area contributed by atoms with E-state index in [1.54, 1.807) is 30.7 Å². The van der Waals surface area contributed by atoms with E-state index in [1.807, 2.05) is 61.2 Å². The van der Waals surface area contributed by atoms with Crippen LogP contribution >= 0.6 is 11.3 Å². The Morgan fingerprint density at radius 1 is 1.06 bits per heavy atom. The number of hydrogen-bond acceptors (Lipinski definition) is 6. The molecule has 7 heteroatoms. The van der Waals surface area contributed by atoms with Crippen molar-refractivity contribution in [1.82, 2.24) is 9.97 Å². The molecule has 1 amide bonds. The Labute approximate surface area is 214 Å². The van der Waals surface area contributed by atoms with Crippen molar-refractivity contribution in [3.8, 4) is 17.0 Å². The van der Waals surface area contributed by atoms with E-state index in [1.165, 1.54) is 0 Å². The average Bonchev–Trinajstić information content (AvgIpc) is 3.46. The van der Waals surface area contributed by atoms with Crippen molar-refractivity contribution in [1.29, 1.82) is 0 Å². The van der Waals surface area contributed by atoms with Crippen molar-refractivity contribution in [2.24, 2.45) is 0 Å². The van der Waals surface area contributed by atoms with Crippen LogP contribution in [-0.2, 0) is 24.1 Å². The Kier molecular flexibility index (Phi) is 6.65. The second-order valence-corrected chi connectivity index (χ2v) is 10.2. The molecule has 182 valence electrons. The first kappa shape index (κ1) is 23.9. The molecule has 4 aromatic rings. The summed E-state index contributed by atoms with van der Waals surface area (Å²) in [7, 11) is 1.63. The molecule has 5 rings (SSSR count). The van der Waals surface area contributed by atoms with Crippen LogP contribution in [0.1, 0.15) is 37.1 Å². The molecule has 3 heterocycles. The van der Waals surface area contributed by atoms with Gasteiger partial charge >= 0.3 is 0 Å². The number of amides is 1. The van der Waals surface area contributed by atoms with Crippen molar-refractivity contribution in [3.05, 3.63) is 93.1 Å². The van der Waals surface area contributed by atoms with E-state index >= 15 is 0 Å². The molecular weight excluding hydrogens is 470 g/mol. The van der Waals surface area contributed by atoms with Gasteiger partial charge in [-0.1, -0.05) is 18.2 Å². The minimum atomic E-state index is -0.0189. The molecule has 0 saturated heterocycles. The Morgan fingerprint density at radius 3 is 2.61 bits per heavy atom. The van der Waals surface area contributed by atoms with Gasteiger partial charge in [0, 0.05) is 41.0 Å². The fraction of sp³-hybridized carbons (Fsp3) is 0.241. The van der Waals surface area contributed by atoms with Gasteiger partial charge in [-0.25, -0.2) is 4.98 Å². The number of pyridine rings is 1. The number of benzene rings is 2. The van der Waals surface area contributed by atoms with Crippen LogP contribution in [0.25, 0.3) is 11.3 Å². The summed E-state index contributed by atoms with van der Waals surface area (Å²) in [5.41, 5.74) is 6.33.